The van der Waals surface area contributed by atoms with Crippen LogP contribution in [0.2, 0.25) is 0 Å². The van der Waals surface area contributed by atoms with Gasteiger partial charge in [-0.15, -0.1) is 0 Å². The minimum absolute atomic E-state index is 0.145. The molecule has 0 amide bonds. The quantitative estimate of drug-likeness (QED) is 0.358. The number of hydrogen-bond acceptors (Lipinski definition) is 6. The predicted molar refractivity (Wildman–Crippen MR) is 124 cm³/mol. The Labute approximate surface area is 174 Å². The summed E-state index contributed by atoms with van der Waals surface area (Å²) < 4.78 is 10.9. The first kappa shape index (κ1) is 21.0. The van der Waals surface area contributed by atoms with Gasteiger partial charge in [-0.25, -0.2) is 0 Å². The Kier molecular flexibility index (Phi) is 7.36. The lowest BCUT2D eigenvalue weighted by atomic mass is 10.1. The molecule has 2 unspecified atom stereocenters. The maximum absolute atomic E-state index is 5.46. The van der Waals surface area contributed by atoms with Gasteiger partial charge in [0.05, 0.1) is 31.5 Å². The number of methoxy groups -OCH3 is 2. The monoisotopic (exact) mass is 412 g/mol. The van der Waals surface area contributed by atoms with Crippen molar-refractivity contribution >= 4 is 31.6 Å². The summed E-state index contributed by atoms with van der Waals surface area (Å²) in [4.78, 5) is 4.53. The minimum Gasteiger partial charge on any atom is -0.493 e. The molecule has 7 heteroatoms. The van der Waals surface area contributed by atoms with Crippen molar-refractivity contribution in [2.45, 2.75) is 25.5 Å². The van der Waals surface area contributed by atoms with E-state index in [1.54, 1.807) is 14.2 Å². The number of unbranched alkanes of at least 4 members (excludes halogenated alkanes) is 1. The summed E-state index contributed by atoms with van der Waals surface area (Å²) in [7, 11) is 3.82. The van der Waals surface area contributed by atoms with Crippen molar-refractivity contribution in [1.82, 2.24) is 5.32 Å². The van der Waals surface area contributed by atoms with Crippen LogP contribution in [0.15, 0.2) is 53.8 Å². The highest BCUT2D eigenvalue weighted by atomic mass is 31.1. The Bertz CT molecular complexity index is 868. The van der Waals surface area contributed by atoms with E-state index in [-0.39, 0.29) is 5.78 Å². The lowest BCUT2D eigenvalue weighted by Gasteiger charge is -2.24. The Morgan fingerprint density at radius 3 is 2.48 bits per heavy atom. The molecule has 2 atom stereocenters. The molecule has 0 saturated carbocycles. The summed E-state index contributed by atoms with van der Waals surface area (Å²) in [5.41, 5.74) is 4.07. The van der Waals surface area contributed by atoms with E-state index in [0.29, 0.717) is 20.1 Å². The van der Waals surface area contributed by atoms with Crippen LogP contribution in [-0.2, 0) is 0 Å². The molecule has 0 aromatic heterocycles. The highest BCUT2D eigenvalue weighted by Gasteiger charge is 2.21. The van der Waals surface area contributed by atoms with E-state index in [2.05, 4.69) is 46.6 Å². The molecular weight excluding hydrogens is 383 g/mol. The van der Waals surface area contributed by atoms with E-state index in [1.807, 2.05) is 30.2 Å². The third-order valence-electron chi connectivity index (χ3n) is 4.65. The molecule has 0 saturated heterocycles. The number of hydrogen-bond donors (Lipinski definition) is 3. The van der Waals surface area contributed by atoms with Crippen molar-refractivity contribution in [2.75, 3.05) is 31.4 Å². The molecule has 3 N–H and O–H groups in total. The number of nitrogens with one attached hydrogen (secondary N) is 3. The lowest BCUT2D eigenvalue weighted by Crippen LogP contribution is -2.19. The molecule has 0 radical (unpaired) electrons. The smallest absolute Gasteiger partial charge is 0.162 e. The standard InChI is InChI=1S/C22H29N4O2P/c1-5-6-11-23-15(2)25-16-7-9-17(10-8-16)26-22-18-12-20(27-3)21(28-4)13-19(18)24-14-29-22/h7-10,12-14,22-23,25-26,29H,2,5-6,11H2,1,3-4H3. The van der Waals surface area contributed by atoms with Crippen LogP contribution in [0.25, 0.3) is 0 Å². The summed E-state index contributed by atoms with van der Waals surface area (Å²) in [6.45, 7) is 7.12. The highest BCUT2D eigenvalue weighted by molar-refractivity contribution is 7.56. The zero-order chi connectivity index (χ0) is 20.6. The molecule has 29 heavy (non-hydrogen) atoms. The Balaban J connectivity index is 1.67. The molecule has 1 aliphatic rings. The molecule has 0 bridgehead atoms. The summed E-state index contributed by atoms with van der Waals surface area (Å²) in [6, 6.07) is 12.2. The predicted octanol–water partition coefficient (Wildman–Crippen LogP) is 5.44. The maximum atomic E-state index is 5.46. The average Bonchev–Trinajstić information content (AvgIpc) is 2.74. The molecule has 1 aliphatic heterocycles. The molecule has 154 valence electrons. The number of fused-ring (bicyclic) bond motifs is 1. The summed E-state index contributed by atoms with van der Waals surface area (Å²) in [5, 5.41) is 10.2. The van der Waals surface area contributed by atoms with Crippen LogP contribution in [0.5, 0.6) is 11.5 Å². The molecule has 3 rings (SSSR count). The molecule has 0 spiro atoms. The summed E-state index contributed by atoms with van der Waals surface area (Å²) in [5.74, 6) is 4.34. The number of anilines is 2. The number of ether oxygens (including phenoxy) is 2. The number of nitrogens with zero attached hydrogens (tertiary/aromatic N) is 1. The first-order chi connectivity index (χ1) is 14.1. The van der Waals surface area contributed by atoms with Gasteiger partial charge in [-0.2, -0.15) is 0 Å². The van der Waals surface area contributed by atoms with Gasteiger partial charge in [0.15, 0.2) is 11.5 Å². The third-order valence-corrected chi connectivity index (χ3v) is 5.72. The van der Waals surface area contributed by atoms with Gasteiger partial charge in [0, 0.05) is 35.5 Å². The number of aliphatic imine (C=N–C) groups is 1. The van der Waals surface area contributed by atoms with Gasteiger partial charge in [-0.1, -0.05) is 19.9 Å². The van der Waals surface area contributed by atoms with E-state index < -0.39 is 0 Å². The Hall–Kier alpha value is -2.72. The van der Waals surface area contributed by atoms with Crippen molar-refractivity contribution in [3.05, 3.63) is 54.4 Å². The molecule has 6 nitrogen and oxygen atoms in total. The van der Waals surface area contributed by atoms with E-state index >= 15 is 0 Å². The van der Waals surface area contributed by atoms with Gasteiger partial charge in [0.1, 0.15) is 0 Å². The van der Waals surface area contributed by atoms with Gasteiger partial charge in [0.2, 0.25) is 0 Å². The Morgan fingerprint density at radius 2 is 1.79 bits per heavy atom. The van der Waals surface area contributed by atoms with Crippen molar-refractivity contribution in [3.8, 4) is 11.5 Å². The van der Waals surface area contributed by atoms with E-state index in [9.17, 15) is 0 Å². The largest absolute Gasteiger partial charge is 0.493 e. The zero-order valence-electron chi connectivity index (χ0n) is 17.2. The minimum atomic E-state index is 0.145. The van der Waals surface area contributed by atoms with E-state index in [4.69, 9.17) is 9.47 Å². The maximum Gasteiger partial charge on any atom is 0.162 e. The summed E-state index contributed by atoms with van der Waals surface area (Å²) in [6.07, 6.45) is 2.29. The van der Waals surface area contributed by atoms with Gasteiger partial charge < -0.3 is 25.4 Å². The second-order valence-corrected chi connectivity index (χ2v) is 7.90. The van der Waals surface area contributed by atoms with Crippen LogP contribution in [-0.4, -0.2) is 26.7 Å². The fourth-order valence-electron chi connectivity index (χ4n) is 3.07. The van der Waals surface area contributed by atoms with Crippen LogP contribution >= 0.6 is 8.58 Å². The van der Waals surface area contributed by atoms with Gasteiger partial charge >= 0.3 is 0 Å². The lowest BCUT2D eigenvalue weighted by molar-refractivity contribution is 0.354. The first-order valence-electron chi connectivity index (χ1n) is 9.75. The van der Waals surface area contributed by atoms with Gasteiger partial charge in [0.25, 0.3) is 0 Å². The SMILES string of the molecule is C=C(NCCCC)Nc1ccc(NC2PC=Nc3cc(OC)c(OC)cc32)cc1. The normalized spacial score (nSPS) is 15.5. The Morgan fingerprint density at radius 1 is 1.10 bits per heavy atom. The van der Waals surface area contributed by atoms with Crippen LogP contribution in [0.4, 0.5) is 17.1 Å². The fourth-order valence-corrected chi connectivity index (χ4v) is 4.09. The third kappa shape index (κ3) is 5.42. The molecule has 0 fully saturated rings. The first-order valence-corrected chi connectivity index (χ1v) is 10.9. The molecular formula is C22H29N4O2P. The second-order valence-electron chi connectivity index (χ2n) is 6.73. The van der Waals surface area contributed by atoms with Gasteiger partial charge in [-0.05, 0) is 45.3 Å². The van der Waals surface area contributed by atoms with Crippen LogP contribution in [0.1, 0.15) is 31.1 Å². The van der Waals surface area contributed by atoms with Crippen molar-refractivity contribution in [2.24, 2.45) is 4.99 Å². The van der Waals surface area contributed by atoms with Crippen LogP contribution in [0.3, 0.4) is 0 Å². The van der Waals surface area contributed by atoms with Crippen molar-refractivity contribution in [1.29, 1.82) is 0 Å². The van der Waals surface area contributed by atoms with Crippen molar-refractivity contribution in [3.63, 3.8) is 0 Å². The van der Waals surface area contributed by atoms with Crippen LogP contribution in [0, 0.1) is 0 Å². The second kappa shape index (κ2) is 10.2. The fraction of sp³-hybridized carbons (Fsp3) is 0.318. The van der Waals surface area contributed by atoms with E-state index in [1.165, 1.54) is 0 Å². The molecule has 1 heterocycles. The number of rotatable bonds is 10. The molecule has 0 aliphatic carbocycles. The van der Waals surface area contributed by atoms with Gasteiger partial charge in [-0.3, -0.25) is 4.99 Å². The topological polar surface area (TPSA) is 66.9 Å². The number of benzene rings is 2. The molecule has 2 aromatic rings. The van der Waals surface area contributed by atoms with Crippen LogP contribution < -0.4 is 25.4 Å². The highest BCUT2D eigenvalue weighted by Crippen LogP contribution is 2.46. The van der Waals surface area contributed by atoms with E-state index in [0.717, 1.165) is 47.8 Å². The zero-order valence-corrected chi connectivity index (χ0v) is 18.2. The van der Waals surface area contributed by atoms with Crippen molar-refractivity contribution < 1.29 is 9.47 Å². The molecule has 2 aromatic carbocycles. The average molecular weight is 412 g/mol. The summed E-state index contributed by atoms with van der Waals surface area (Å²) >= 11 is 0.